The molecule has 0 unspecified atom stereocenters. The summed E-state index contributed by atoms with van der Waals surface area (Å²) in [6.07, 6.45) is 1.81. The Bertz CT molecular complexity index is 332. The number of fused-ring (bicyclic) bond motifs is 1. The molecule has 0 saturated carbocycles. The molecule has 0 radical (unpaired) electrons. The monoisotopic (exact) mass is 197 g/mol. The van der Waals surface area contributed by atoms with E-state index in [0.717, 1.165) is 31.5 Å². The highest BCUT2D eigenvalue weighted by atomic mass is 32.1. The number of thiophene rings is 1. The predicted octanol–water partition coefficient (Wildman–Crippen LogP) is 1.13. The number of carboxylic acid groups (broad SMARTS) is 1. The first-order chi connectivity index (χ1) is 6.29. The summed E-state index contributed by atoms with van der Waals surface area (Å²) >= 11 is 1.57. The van der Waals surface area contributed by atoms with Gasteiger partial charge in [0.05, 0.1) is 5.56 Å². The Balaban J connectivity index is 2.39. The molecular weight excluding hydrogens is 186 g/mol. The molecule has 70 valence electrons. The van der Waals surface area contributed by atoms with E-state index >= 15 is 0 Å². The van der Waals surface area contributed by atoms with Crippen molar-refractivity contribution in [1.29, 1.82) is 0 Å². The number of aromatic carboxylic acids is 1. The van der Waals surface area contributed by atoms with E-state index in [9.17, 15) is 4.79 Å². The van der Waals surface area contributed by atoms with Gasteiger partial charge in [0.1, 0.15) is 0 Å². The first-order valence-corrected chi connectivity index (χ1v) is 5.20. The molecule has 2 rings (SSSR count). The second-order valence-electron chi connectivity index (χ2n) is 3.11. The van der Waals surface area contributed by atoms with Crippen LogP contribution in [-0.2, 0) is 12.8 Å². The predicted molar refractivity (Wildman–Crippen MR) is 51.6 cm³/mol. The van der Waals surface area contributed by atoms with Crippen LogP contribution in [0.25, 0.3) is 0 Å². The lowest BCUT2D eigenvalue weighted by molar-refractivity contribution is 0.0696. The number of hydrogen-bond acceptors (Lipinski definition) is 3. The second-order valence-corrected chi connectivity index (χ2v) is 4.07. The number of hydrogen-bond donors (Lipinski definition) is 2. The number of carboxylic acids is 1. The van der Waals surface area contributed by atoms with Gasteiger partial charge < -0.3 is 10.4 Å². The van der Waals surface area contributed by atoms with E-state index in [1.807, 2.05) is 0 Å². The average Bonchev–Trinajstić information content (AvgIpc) is 2.36. The highest BCUT2D eigenvalue weighted by Crippen LogP contribution is 2.24. The van der Waals surface area contributed by atoms with Crippen LogP contribution in [0, 0.1) is 0 Å². The first-order valence-electron chi connectivity index (χ1n) is 4.32. The van der Waals surface area contributed by atoms with E-state index in [-0.39, 0.29) is 0 Å². The maximum absolute atomic E-state index is 10.8. The van der Waals surface area contributed by atoms with Crippen molar-refractivity contribution in [3.05, 3.63) is 21.4 Å². The third-order valence-corrected chi connectivity index (χ3v) is 3.38. The zero-order valence-corrected chi connectivity index (χ0v) is 7.99. The topological polar surface area (TPSA) is 49.3 Å². The molecule has 2 N–H and O–H groups in total. The Kier molecular flexibility index (Phi) is 2.33. The van der Waals surface area contributed by atoms with E-state index in [0.29, 0.717) is 5.56 Å². The summed E-state index contributed by atoms with van der Waals surface area (Å²) in [5.74, 6) is -0.792. The molecule has 1 aliphatic rings. The van der Waals surface area contributed by atoms with Gasteiger partial charge in [-0.05, 0) is 31.5 Å². The lowest BCUT2D eigenvalue weighted by Crippen LogP contribution is -2.16. The van der Waals surface area contributed by atoms with Crippen molar-refractivity contribution in [2.45, 2.75) is 12.8 Å². The van der Waals surface area contributed by atoms with Gasteiger partial charge in [0.25, 0.3) is 0 Å². The average molecular weight is 197 g/mol. The number of carbonyl (C=O) groups is 1. The summed E-state index contributed by atoms with van der Waals surface area (Å²) in [6, 6.07) is 0. The van der Waals surface area contributed by atoms with E-state index in [4.69, 9.17) is 5.11 Å². The fourth-order valence-electron chi connectivity index (χ4n) is 1.63. The van der Waals surface area contributed by atoms with Gasteiger partial charge in [-0.25, -0.2) is 4.79 Å². The van der Waals surface area contributed by atoms with Gasteiger partial charge in [-0.3, -0.25) is 0 Å². The van der Waals surface area contributed by atoms with Crippen LogP contribution in [0.15, 0.2) is 5.38 Å². The quantitative estimate of drug-likeness (QED) is 0.709. The van der Waals surface area contributed by atoms with Gasteiger partial charge in [0, 0.05) is 10.3 Å². The van der Waals surface area contributed by atoms with Crippen molar-refractivity contribution in [3.8, 4) is 0 Å². The van der Waals surface area contributed by atoms with E-state index < -0.39 is 5.97 Å². The summed E-state index contributed by atoms with van der Waals surface area (Å²) in [5, 5.41) is 13.9. The smallest absolute Gasteiger partial charge is 0.336 e. The SMILES string of the molecule is O=C(O)c1csc2c1CCNCC2. The van der Waals surface area contributed by atoms with Gasteiger partial charge >= 0.3 is 5.97 Å². The van der Waals surface area contributed by atoms with Crippen LogP contribution in [0.1, 0.15) is 20.8 Å². The minimum absolute atomic E-state index is 0.503. The molecule has 0 amide bonds. The van der Waals surface area contributed by atoms with Gasteiger partial charge in [0.2, 0.25) is 0 Å². The highest BCUT2D eigenvalue weighted by Gasteiger charge is 2.17. The third-order valence-electron chi connectivity index (χ3n) is 2.29. The van der Waals surface area contributed by atoms with E-state index in [1.165, 1.54) is 4.88 Å². The molecule has 1 aliphatic heterocycles. The Morgan fingerprint density at radius 1 is 1.46 bits per heavy atom. The summed E-state index contributed by atoms with van der Waals surface area (Å²) in [4.78, 5) is 12.1. The molecule has 2 heterocycles. The van der Waals surface area contributed by atoms with Crippen LogP contribution >= 0.6 is 11.3 Å². The van der Waals surface area contributed by atoms with Crippen LogP contribution in [0.3, 0.4) is 0 Å². The molecule has 0 saturated heterocycles. The van der Waals surface area contributed by atoms with Gasteiger partial charge in [-0.2, -0.15) is 0 Å². The largest absolute Gasteiger partial charge is 0.478 e. The van der Waals surface area contributed by atoms with Crippen LogP contribution < -0.4 is 5.32 Å². The van der Waals surface area contributed by atoms with Gasteiger partial charge in [-0.1, -0.05) is 0 Å². The summed E-state index contributed by atoms with van der Waals surface area (Å²) in [6.45, 7) is 1.86. The van der Waals surface area contributed by atoms with Crippen LogP contribution in [-0.4, -0.2) is 24.2 Å². The molecule has 0 bridgehead atoms. The van der Waals surface area contributed by atoms with Gasteiger partial charge in [0.15, 0.2) is 0 Å². The van der Waals surface area contributed by atoms with Crippen molar-refractivity contribution in [2.24, 2.45) is 0 Å². The van der Waals surface area contributed by atoms with E-state index in [1.54, 1.807) is 16.7 Å². The van der Waals surface area contributed by atoms with E-state index in [2.05, 4.69) is 5.32 Å². The summed E-state index contributed by atoms with van der Waals surface area (Å²) in [7, 11) is 0. The lowest BCUT2D eigenvalue weighted by atomic mass is 10.1. The molecule has 0 fully saturated rings. The van der Waals surface area contributed by atoms with Crippen LogP contribution in [0.4, 0.5) is 0 Å². The Labute approximate surface area is 80.4 Å². The Morgan fingerprint density at radius 3 is 3.00 bits per heavy atom. The molecule has 0 aromatic carbocycles. The van der Waals surface area contributed by atoms with Gasteiger partial charge in [-0.15, -0.1) is 11.3 Å². The number of nitrogens with one attached hydrogen (secondary N) is 1. The van der Waals surface area contributed by atoms with Crippen molar-refractivity contribution >= 4 is 17.3 Å². The normalized spacial score (nSPS) is 16.3. The van der Waals surface area contributed by atoms with Crippen LogP contribution in [0.5, 0.6) is 0 Å². The van der Waals surface area contributed by atoms with Crippen molar-refractivity contribution in [2.75, 3.05) is 13.1 Å². The summed E-state index contributed by atoms with van der Waals surface area (Å²) < 4.78 is 0. The number of rotatable bonds is 1. The standard InChI is InChI=1S/C9H11NO2S/c11-9(12)7-5-13-8-2-4-10-3-1-6(7)8/h5,10H,1-4H2,(H,11,12). The van der Waals surface area contributed by atoms with Crippen molar-refractivity contribution < 1.29 is 9.90 Å². The molecule has 3 nitrogen and oxygen atoms in total. The first kappa shape index (κ1) is 8.72. The fraction of sp³-hybridized carbons (Fsp3) is 0.444. The molecular formula is C9H11NO2S. The minimum atomic E-state index is -0.792. The molecule has 0 atom stereocenters. The lowest BCUT2D eigenvalue weighted by Gasteiger charge is -1.98. The summed E-state index contributed by atoms with van der Waals surface area (Å²) in [5.41, 5.74) is 1.55. The fourth-order valence-corrected chi connectivity index (χ4v) is 2.70. The second kappa shape index (κ2) is 3.47. The Hall–Kier alpha value is -0.870. The maximum atomic E-state index is 10.8. The highest BCUT2D eigenvalue weighted by molar-refractivity contribution is 7.10. The Morgan fingerprint density at radius 2 is 2.23 bits per heavy atom. The van der Waals surface area contributed by atoms with Crippen molar-refractivity contribution in [1.82, 2.24) is 5.32 Å². The molecule has 4 heteroatoms. The maximum Gasteiger partial charge on any atom is 0.336 e. The van der Waals surface area contributed by atoms with Crippen LogP contribution in [0.2, 0.25) is 0 Å². The molecule has 0 spiro atoms. The molecule has 0 aliphatic carbocycles. The minimum Gasteiger partial charge on any atom is -0.478 e. The molecule has 1 aromatic rings. The third kappa shape index (κ3) is 1.59. The molecule has 13 heavy (non-hydrogen) atoms. The zero-order chi connectivity index (χ0) is 9.26. The molecule has 1 aromatic heterocycles. The van der Waals surface area contributed by atoms with Crippen molar-refractivity contribution in [3.63, 3.8) is 0 Å². The zero-order valence-electron chi connectivity index (χ0n) is 7.17.